The maximum absolute atomic E-state index is 12.1. The van der Waals surface area contributed by atoms with Crippen LogP contribution in [-0.4, -0.2) is 15.9 Å². The first-order valence-electron chi connectivity index (χ1n) is 6.13. The molecule has 0 spiro atoms. The Kier molecular flexibility index (Phi) is 5.34. The smallest absolute Gasteiger partial charge is 0.280 e. The zero-order valence-corrected chi connectivity index (χ0v) is 13.1. The quantitative estimate of drug-likeness (QED) is 0.839. The third-order valence-electron chi connectivity index (χ3n) is 2.73. The second kappa shape index (κ2) is 7.02. The number of nitrogens with zero attached hydrogens (tertiary/aromatic N) is 2. The maximum atomic E-state index is 12.1. The number of nitrogens with one attached hydrogen (secondary N) is 1. The summed E-state index contributed by atoms with van der Waals surface area (Å²) in [6.45, 7) is 2.05. The van der Waals surface area contributed by atoms with Gasteiger partial charge in [0.1, 0.15) is 5.15 Å². The van der Waals surface area contributed by atoms with Crippen molar-refractivity contribution in [3.05, 3.63) is 44.6 Å². The van der Waals surface area contributed by atoms with Crippen molar-refractivity contribution in [2.45, 2.75) is 25.8 Å². The third kappa shape index (κ3) is 3.69. The van der Waals surface area contributed by atoms with Crippen LogP contribution in [0.3, 0.4) is 0 Å². The molecule has 0 aromatic carbocycles. The lowest BCUT2D eigenvalue weighted by Gasteiger charge is -2.18. The first-order chi connectivity index (χ1) is 9.61. The minimum Gasteiger partial charge on any atom is -0.343 e. The molecule has 2 aromatic rings. The largest absolute Gasteiger partial charge is 0.343 e. The Bertz CT molecular complexity index is 589. The molecule has 0 saturated carbocycles. The fraction of sp³-hybridized carbons (Fsp3) is 0.308. The number of thiazole rings is 1. The number of carbonyl (C=O) groups excluding carboxylic acids is 1. The lowest BCUT2D eigenvalue weighted by atomic mass is 10.0. The lowest BCUT2D eigenvalue weighted by Crippen LogP contribution is -2.28. The van der Waals surface area contributed by atoms with Crippen LogP contribution in [-0.2, 0) is 0 Å². The van der Waals surface area contributed by atoms with E-state index in [2.05, 4.69) is 15.3 Å². The first-order valence-corrected chi connectivity index (χ1v) is 7.76. The summed E-state index contributed by atoms with van der Waals surface area (Å²) >= 11 is 13.1. The van der Waals surface area contributed by atoms with Gasteiger partial charge in [0.15, 0.2) is 5.01 Å². The van der Waals surface area contributed by atoms with Crippen molar-refractivity contribution in [3.8, 4) is 0 Å². The number of amides is 1. The van der Waals surface area contributed by atoms with E-state index in [0.29, 0.717) is 10.0 Å². The van der Waals surface area contributed by atoms with Crippen LogP contribution in [0.25, 0.3) is 0 Å². The van der Waals surface area contributed by atoms with E-state index in [1.54, 1.807) is 23.8 Å². The summed E-state index contributed by atoms with van der Waals surface area (Å²) in [6.07, 6.45) is 4.95. The first kappa shape index (κ1) is 15.2. The second-order valence-electron chi connectivity index (χ2n) is 4.19. The van der Waals surface area contributed by atoms with Crippen LogP contribution in [0, 0.1) is 0 Å². The number of pyridine rings is 1. The molecule has 0 bridgehead atoms. The number of aromatic nitrogens is 2. The zero-order chi connectivity index (χ0) is 14.5. The van der Waals surface area contributed by atoms with Crippen molar-refractivity contribution in [2.75, 3.05) is 0 Å². The van der Waals surface area contributed by atoms with Crippen LogP contribution in [0.1, 0.15) is 41.2 Å². The van der Waals surface area contributed by atoms with Crippen molar-refractivity contribution >= 4 is 40.4 Å². The van der Waals surface area contributed by atoms with Crippen LogP contribution >= 0.6 is 34.5 Å². The molecule has 1 atom stereocenters. The monoisotopic (exact) mass is 329 g/mol. The molecule has 1 N–H and O–H groups in total. The Hall–Kier alpha value is -1.17. The fourth-order valence-corrected chi connectivity index (χ4v) is 2.61. The van der Waals surface area contributed by atoms with Crippen LogP contribution in [0.5, 0.6) is 0 Å². The molecular formula is C13H13Cl2N3OS. The van der Waals surface area contributed by atoms with E-state index in [1.165, 1.54) is 11.3 Å². The number of hydrogen-bond donors (Lipinski definition) is 1. The minimum absolute atomic E-state index is 0.154. The lowest BCUT2D eigenvalue weighted by molar-refractivity contribution is 0.0934. The van der Waals surface area contributed by atoms with Crippen molar-refractivity contribution in [3.63, 3.8) is 0 Å². The summed E-state index contributed by atoms with van der Waals surface area (Å²) in [5.74, 6) is -0.190. The molecule has 2 aromatic heterocycles. The van der Waals surface area contributed by atoms with Crippen LogP contribution < -0.4 is 5.32 Å². The van der Waals surface area contributed by atoms with Gasteiger partial charge >= 0.3 is 0 Å². The molecule has 0 radical (unpaired) electrons. The van der Waals surface area contributed by atoms with Crippen molar-refractivity contribution < 1.29 is 4.79 Å². The molecule has 0 aliphatic heterocycles. The maximum Gasteiger partial charge on any atom is 0.280 e. The fourth-order valence-electron chi connectivity index (χ4n) is 1.79. The summed E-state index contributed by atoms with van der Waals surface area (Å²) in [5.41, 5.74) is 0.839. The van der Waals surface area contributed by atoms with Crippen LogP contribution in [0.15, 0.2) is 23.8 Å². The Labute approximate surface area is 131 Å². The van der Waals surface area contributed by atoms with Gasteiger partial charge in [-0.3, -0.25) is 4.79 Å². The van der Waals surface area contributed by atoms with Crippen molar-refractivity contribution in [1.29, 1.82) is 0 Å². The Morgan fingerprint density at radius 3 is 2.85 bits per heavy atom. The summed E-state index contributed by atoms with van der Waals surface area (Å²) in [6, 6.07) is 1.58. The van der Waals surface area contributed by atoms with E-state index in [4.69, 9.17) is 23.2 Å². The van der Waals surface area contributed by atoms with Gasteiger partial charge in [0.2, 0.25) is 0 Å². The molecular weight excluding hydrogens is 317 g/mol. The topological polar surface area (TPSA) is 54.9 Å². The van der Waals surface area contributed by atoms with Gasteiger partial charge < -0.3 is 5.32 Å². The third-order valence-corrected chi connectivity index (χ3v) is 4.19. The Morgan fingerprint density at radius 2 is 2.25 bits per heavy atom. The number of hydrogen-bond acceptors (Lipinski definition) is 4. The molecule has 1 amide bonds. The molecule has 0 aliphatic rings. The summed E-state index contributed by atoms with van der Waals surface area (Å²) in [4.78, 5) is 20.1. The van der Waals surface area contributed by atoms with Gasteiger partial charge in [0, 0.05) is 17.8 Å². The Balaban J connectivity index is 2.18. The predicted octanol–water partition coefficient (Wildman–Crippen LogP) is 4.12. The van der Waals surface area contributed by atoms with Crippen LogP contribution in [0.2, 0.25) is 10.2 Å². The Morgan fingerprint density at radius 1 is 1.45 bits per heavy atom. The average molecular weight is 330 g/mol. The van der Waals surface area contributed by atoms with Gasteiger partial charge in [-0.25, -0.2) is 9.97 Å². The van der Waals surface area contributed by atoms with Crippen molar-refractivity contribution in [2.24, 2.45) is 0 Å². The standard InChI is InChI=1S/C13H13Cl2N3OS/c1-2-3-10(8-6-9(14)11(15)17-7-8)18-12(19)13-16-4-5-20-13/h4-7,10H,2-3H2,1H3,(H,18,19). The predicted molar refractivity (Wildman–Crippen MR) is 81.5 cm³/mol. The molecule has 0 fully saturated rings. The molecule has 0 saturated heterocycles. The molecule has 4 nitrogen and oxygen atoms in total. The van der Waals surface area contributed by atoms with E-state index in [1.807, 2.05) is 6.92 Å². The van der Waals surface area contributed by atoms with Crippen molar-refractivity contribution in [1.82, 2.24) is 15.3 Å². The summed E-state index contributed by atoms with van der Waals surface area (Å²) < 4.78 is 0. The summed E-state index contributed by atoms with van der Waals surface area (Å²) in [5, 5.41) is 5.81. The SMILES string of the molecule is CCCC(NC(=O)c1nccs1)c1cnc(Cl)c(Cl)c1. The zero-order valence-electron chi connectivity index (χ0n) is 10.8. The molecule has 106 valence electrons. The molecule has 1 unspecified atom stereocenters. The number of carbonyl (C=O) groups is 1. The molecule has 2 rings (SSSR count). The highest BCUT2D eigenvalue weighted by Crippen LogP contribution is 2.25. The molecule has 20 heavy (non-hydrogen) atoms. The summed E-state index contributed by atoms with van der Waals surface area (Å²) in [7, 11) is 0. The highest BCUT2D eigenvalue weighted by molar-refractivity contribution is 7.11. The van der Waals surface area contributed by atoms with E-state index in [9.17, 15) is 4.79 Å². The molecule has 0 aliphatic carbocycles. The van der Waals surface area contributed by atoms with Gasteiger partial charge in [-0.2, -0.15) is 0 Å². The molecule has 2 heterocycles. The van der Waals surface area contributed by atoms with E-state index in [0.717, 1.165) is 18.4 Å². The number of halogens is 2. The molecule has 7 heteroatoms. The number of rotatable bonds is 5. The van der Waals surface area contributed by atoms with Gasteiger partial charge in [0.25, 0.3) is 5.91 Å². The van der Waals surface area contributed by atoms with E-state index < -0.39 is 0 Å². The van der Waals surface area contributed by atoms with Gasteiger partial charge in [-0.1, -0.05) is 36.5 Å². The second-order valence-corrected chi connectivity index (χ2v) is 5.85. The van der Waals surface area contributed by atoms with Gasteiger partial charge in [-0.05, 0) is 18.1 Å². The van der Waals surface area contributed by atoms with Crippen LogP contribution in [0.4, 0.5) is 0 Å². The minimum atomic E-state index is -0.190. The van der Waals surface area contributed by atoms with Gasteiger partial charge in [-0.15, -0.1) is 11.3 Å². The van der Waals surface area contributed by atoms with Gasteiger partial charge in [0.05, 0.1) is 11.1 Å². The average Bonchev–Trinajstić information content (AvgIpc) is 2.95. The normalized spacial score (nSPS) is 12.2. The highest BCUT2D eigenvalue weighted by atomic mass is 35.5. The van der Waals surface area contributed by atoms with E-state index >= 15 is 0 Å². The highest BCUT2D eigenvalue weighted by Gasteiger charge is 2.17. The van der Waals surface area contributed by atoms with E-state index in [-0.39, 0.29) is 17.1 Å².